The number of nitrogens with zero attached hydrogens (tertiary/aromatic N) is 2. The molecule has 0 bridgehead atoms. The molecule has 43 heavy (non-hydrogen) atoms. The highest BCUT2D eigenvalue weighted by molar-refractivity contribution is 9.10. The number of nitrogens with two attached hydrogens (primary N) is 1. The van der Waals surface area contributed by atoms with E-state index in [9.17, 15) is 19.5 Å². The minimum Gasteiger partial charge on any atom is -0.391 e. The number of fused-ring (bicyclic) bond motifs is 2. The van der Waals surface area contributed by atoms with Crippen molar-refractivity contribution in [1.82, 2.24) is 25.2 Å². The van der Waals surface area contributed by atoms with Gasteiger partial charge in [0.05, 0.1) is 34.4 Å². The molecule has 2 aromatic heterocycles. The van der Waals surface area contributed by atoms with Crippen LogP contribution in [0.25, 0.3) is 32.9 Å². The smallest absolute Gasteiger partial charge is 0.261 e. The van der Waals surface area contributed by atoms with Crippen LogP contribution in [0.4, 0.5) is 0 Å². The Hall–Kier alpha value is -4.03. The molecule has 0 fully saturated rings. The van der Waals surface area contributed by atoms with Crippen molar-refractivity contribution in [1.29, 1.82) is 0 Å². The van der Waals surface area contributed by atoms with Crippen LogP contribution in [-0.4, -0.2) is 50.1 Å². The second-order valence-corrected chi connectivity index (χ2v) is 11.6. The van der Waals surface area contributed by atoms with E-state index in [-0.39, 0.29) is 31.0 Å². The van der Waals surface area contributed by atoms with Gasteiger partial charge in [-0.2, -0.15) is 0 Å². The molecule has 0 spiro atoms. The standard InChI is InChI=1S/C31H30BrClN6O4/c1-17(40)29(34)30(42)38-27(20-4-2-3-18(11-20)19-5-6-25-21(12-19)7-9-35-25)15-36-28(41)8-10-39-16-37-26-14-23(32)24(33)13-22(26)31(39)43/h2-7,9,11-14,16-17,27,29,35,40H,8,10,15,34H2,1H3,(H,36,41)(H,38,42)/t17-,27+,29+/m1/s1. The molecule has 10 nitrogen and oxygen atoms in total. The summed E-state index contributed by atoms with van der Waals surface area (Å²) in [5.74, 6) is -0.874. The summed E-state index contributed by atoms with van der Waals surface area (Å²) < 4.78 is 1.99. The molecule has 2 amide bonds. The number of H-pyrrole nitrogens is 1. The lowest BCUT2D eigenvalue weighted by Crippen LogP contribution is -2.49. The van der Waals surface area contributed by atoms with E-state index in [0.29, 0.717) is 20.4 Å². The van der Waals surface area contributed by atoms with E-state index in [1.54, 1.807) is 12.1 Å². The summed E-state index contributed by atoms with van der Waals surface area (Å²) in [5.41, 5.74) is 9.77. The molecule has 0 saturated carbocycles. The predicted molar refractivity (Wildman–Crippen MR) is 171 cm³/mol. The van der Waals surface area contributed by atoms with E-state index >= 15 is 0 Å². The number of carbonyl (C=O) groups is 2. The zero-order chi connectivity index (χ0) is 30.7. The maximum atomic E-state index is 12.9. The molecule has 0 aliphatic rings. The number of nitrogens with one attached hydrogen (secondary N) is 3. The molecular weight excluding hydrogens is 636 g/mol. The summed E-state index contributed by atoms with van der Waals surface area (Å²) in [6, 6.07) is 17.2. The molecule has 5 aromatic rings. The third-order valence-corrected chi connectivity index (χ3v) is 8.46. The number of rotatable bonds is 10. The molecular formula is C31H30BrClN6O4. The molecule has 222 valence electrons. The lowest BCUT2D eigenvalue weighted by Gasteiger charge is -2.23. The number of halogens is 2. The van der Waals surface area contributed by atoms with Crippen LogP contribution in [0.1, 0.15) is 24.9 Å². The lowest BCUT2D eigenvalue weighted by atomic mass is 9.98. The normalized spacial score (nSPS) is 13.5. The Bertz CT molecular complexity index is 1870. The zero-order valence-electron chi connectivity index (χ0n) is 23.2. The highest BCUT2D eigenvalue weighted by atomic mass is 79.9. The van der Waals surface area contributed by atoms with E-state index in [1.807, 2.05) is 48.7 Å². The van der Waals surface area contributed by atoms with Crippen molar-refractivity contribution in [3.63, 3.8) is 0 Å². The quantitative estimate of drug-likeness (QED) is 0.152. The first kappa shape index (κ1) is 30.4. The summed E-state index contributed by atoms with van der Waals surface area (Å²) in [6.45, 7) is 1.60. The van der Waals surface area contributed by atoms with Gasteiger partial charge in [0.15, 0.2) is 0 Å². The molecule has 3 atom stereocenters. The largest absolute Gasteiger partial charge is 0.391 e. The fraction of sp³-hybridized carbons (Fsp3) is 0.226. The van der Waals surface area contributed by atoms with Gasteiger partial charge in [0.25, 0.3) is 5.56 Å². The minimum atomic E-state index is -1.14. The fourth-order valence-corrected chi connectivity index (χ4v) is 5.24. The van der Waals surface area contributed by atoms with Gasteiger partial charge < -0.3 is 26.5 Å². The van der Waals surface area contributed by atoms with Gasteiger partial charge in [0.2, 0.25) is 11.8 Å². The first-order valence-corrected chi connectivity index (χ1v) is 14.8. The molecule has 0 saturated heterocycles. The van der Waals surface area contributed by atoms with Crippen LogP contribution in [-0.2, 0) is 16.1 Å². The summed E-state index contributed by atoms with van der Waals surface area (Å²) in [6.07, 6.45) is 2.22. The van der Waals surface area contributed by atoms with Crippen LogP contribution in [0.15, 0.2) is 82.5 Å². The van der Waals surface area contributed by atoms with Crippen molar-refractivity contribution in [2.75, 3.05) is 6.54 Å². The van der Waals surface area contributed by atoms with E-state index in [2.05, 4.69) is 42.6 Å². The molecule has 12 heteroatoms. The number of amides is 2. The molecule has 0 radical (unpaired) electrons. The number of hydrogen-bond donors (Lipinski definition) is 5. The summed E-state index contributed by atoms with van der Waals surface area (Å²) >= 11 is 9.48. The maximum Gasteiger partial charge on any atom is 0.261 e. The van der Waals surface area contributed by atoms with E-state index in [1.165, 1.54) is 17.8 Å². The van der Waals surface area contributed by atoms with Crippen molar-refractivity contribution in [2.24, 2.45) is 5.73 Å². The van der Waals surface area contributed by atoms with Crippen LogP contribution in [0.2, 0.25) is 5.02 Å². The van der Waals surface area contributed by atoms with Crippen molar-refractivity contribution >= 4 is 61.2 Å². The van der Waals surface area contributed by atoms with E-state index in [0.717, 1.165) is 27.6 Å². The first-order chi connectivity index (χ1) is 20.6. The Labute approximate surface area is 260 Å². The van der Waals surface area contributed by atoms with Gasteiger partial charge in [0.1, 0.15) is 6.04 Å². The SMILES string of the molecule is C[C@@H](O)[C@H](N)C(=O)N[C@@H](CNC(=O)CCn1cnc2cc(Br)c(Cl)cc2c1=O)c1cccc(-c2ccc3[nH]ccc3c2)c1. The van der Waals surface area contributed by atoms with Gasteiger partial charge in [0, 0.05) is 35.7 Å². The molecule has 0 unspecified atom stereocenters. The molecule has 0 aliphatic heterocycles. The fourth-order valence-electron chi connectivity index (χ4n) is 4.75. The third kappa shape index (κ3) is 6.97. The van der Waals surface area contributed by atoms with Gasteiger partial charge in [-0.1, -0.05) is 35.9 Å². The second-order valence-electron chi connectivity index (χ2n) is 10.3. The number of carbonyl (C=O) groups excluding carboxylic acids is 2. The van der Waals surface area contributed by atoms with Gasteiger partial charge in [-0.3, -0.25) is 19.0 Å². The third-order valence-electron chi connectivity index (χ3n) is 7.26. The van der Waals surface area contributed by atoms with Crippen molar-refractivity contribution in [3.8, 4) is 11.1 Å². The maximum absolute atomic E-state index is 12.9. The number of aliphatic hydroxyl groups excluding tert-OH is 1. The summed E-state index contributed by atoms with van der Waals surface area (Å²) in [7, 11) is 0. The monoisotopic (exact) mass is 664 g/mol. The van der Waals surface area contributed by atoms with Crippen molar-refractivity contribution in [2.45, 2.75) is 38.1 Å². The first-order valence-electron chi connectivity index (χ1n) is 13.6. The van der Waals surface area contributed by atoms with Crippen LogP contribution < -0.4 is 21.9 Å². The van der Waals surface area contributed by atoms with E-state index < -0.39 is 24.1 Å². The van der Waals surface area contributed by atoms with Crippen LogP contribution in [0, 0.1) is 0 Å². The predicted octanol–water partition coefficient (Wildman–Crippen LogP) is 4.03. The second kappa shape index (κ2) is 13.1. The molecule has 0 aliphatic carbocycles. The number of aryl methyl sites for hydroxylation is 1. The van der Waals surface area contributed by atoms with Gasteiger partial charge >= 0.3 is 0 Å². The van der Waals surface area contributed by atoms with Crippen LogP contribution in [0.3, 0.4) is 0 Å². The highest BCUT2D eigenvalue weighted by Crippen LogP contribution is 2.27. The van der Waals surface area contributed by atoms with E-state index in [4.69, 9.17) is 17.3 Å². The molecule has 6 N–H and O–H groups in total. The molecule has 3 aromatic carbocycles. The number of aromatic nitrogens is 3. The Morgan fingerprint density at radius 1 is 1.14 bits per heavy atom. The van der Waals surface area contributed by atoms with Gasteiger partial charge in [-0.25, -0.2) is 4.98 Å². The van der Waals surface area contributed by atoms with Gasteiger partial charge in [-0.05, 0) is 81.3 Å². The average Bonchev–Trinajstić information content (AvgIpc) is 3.47. The number of hydrogen-bond acceptors (Lipinski definition) is 6. The average molecular weight is 666 g/mol. The minimum absolute atomic E-state index is 0.00191. The van der Waals surface area contributed by atoms with Crippen LogP contribution in [0.5, 0.6) is 0 Å². The Morgan fingerprint density at radius 2 is 1.93 bits per heavy atom. The number of aliphatic hydroxyl groups is 1. The Kier molecular flexibility index (Phi) is 9.26. The molecule has 2 heterocycles. The lowest BCUT2D eigenvalue weighted by molar-refractivity contribution is -0.126. The Balaban J connectivity index is 1.31. The van der Waals surface area contributed by atoms with Crippen LogP contribution >= 0.6 is 27.5 Å². The Morgan fingerprint density at radius 3 is 2.72 bits per heavy atom. The topological polar surface area (TPSA) is 155 Å². The van der Waals surface area contributed by atoms with Crippen molar-refractivity contribution in [3.05, 3.63) is 98.6 Å². The van der Waals surface area contributed by atoms with Gasteiger partial charge in [-0.15, -0.1) is 0 Å². The highest BCUT2D eigenvalue weighted by Gasteiger charge is 2.23. The number of aromatic amines is 1. The summed E-state index contributed by atoms with van der Waals surface area (Å²) in [4.78, 5) is 46.1. The summed E-state index contributed by atoms with van der Waals surface area (Å²) in [5, 5.41) is 17.4. The molecule has 5 rings (SSSR count). The zero-order valence-corrected chi connectivity index (χ0v) is 25.5. The number of benzene rings is 3. The van der Waals surface area contributed by atoms with Crippen molar-refractivity contribution < 1.29 is 14.7 Å².